The van der Waals surface area contributed by atoms with Gasteiger partial charge in [-0.05, 0) is 31.1 Å². The smallest absolute Gasteiger partial charge is 0.271 e. The predicted octanol–water partition coefficient (Wildman–Crippen LogP) is 1.32. The van der Waals surface area contributed by atoms with E-state index in [0.717, 1.165) is 12.8 Å². The Balaban J connectivity index is 1.96. The highest BCUT2D eigenvalue weighted by molar-refractivity contribution is 5.92. The van der Waals surface area contributed by atoms with Gasteiger partial charge in [-0.1, -0.05) is 13.8 Å². The molecule has 6 heteroatoms. The Labute approximate surface area is 113 Å². The number of carbonyl (C=O) groups excluding carboxylic acids is 1. The van der Waals surface area contributed by atoms with Gasteiger partial charge in [0, 0.05) is 6.04 Å². The lowest BCUT2D eigenvalue weighted by molar-refractivity contribution is 0.0906. The maximum atomic E-state index is 12.1. The third-order valence-corrected chi connectivity index (χ3v) is 3.55. The number of nitrogens with zero attached hydrogens (tertiary/aromatic N) is 2. The van der Waals surface area contributed by atoms with E-state index in [9.17, 15) is 4.79 Å². The topological polar surface area (TPSA) is 92.9 Å². The van der Waals surface area contributed by atoms with E-state index in [2.05, 4.69) is 34.6 Å². The van der Waals surface area contributed by atoms with E-state index >= 15 is 0 Å². The predicted molar refractivity (Wildman–Crippen MR) is 73.3 cm³/mol. The summed E-state index contributed by atoms with van der Waals surface area (Å²) in [6, 6.07) is 0.236. The van der Waals surface area contributed by atoms with Crippen molar-refractivity contribution in [3.05, 3.63) is 18.1 Å². The molecule has 0 spiro atoms. The van der Waals surface area contributed by atoms with Gasteiger partial charge in [0.2, 0.25) is 0 Å². The summed E-state index contributed by atoms with van der Waals surface area (Å²) < 4.78 is 0. The Morgan fingerprint density at radius 2 is 1.89 bits per heavy atom. The van der Waals surface area contributed by atoms with E-state index in [4.69, 9.17) is 5.84 Å². The van der Waals surface area contributed by atoms with E-state index in [0.29, 0.717) is 23.3 Å². The molecule has 1 aromatic heterocycles. The van der Waals surface area contributed by atoms with Crippen molar-refractivity contribution >= 4 is 11.7 Å². The number of nitrogens with one attached hydrogen (secondary N) is 2. The van der Waals surface area contributed by atoms with Crippen molar-refractivity contribution in [3.8, 4) is 0 Å². The molecule has 4 N–H and O–H groups in total. The van der Waals surface area contributed by atoms with Gasteiger partial charge >= 0.3 is 0 Å². The van der Waals surface area contributed by atoms with Gasteiger partial charge in [-0.15, -0.1) is 0 Å². The van der Waals surface area contributed by atoms with Gasteiger partial charge in [-0.3, -0.25) is 4.79 Å². The van der Waals surface area contributed by atoms with Crippen molar-refractivity contribution in [2.45, 2.75) is 39.2 Å². The van der Waals surface area contributed by atoms with Gasteiger partial charge in [-0.2, -0.15) is 0 Å². The highest BCUT2D eigenvalue weighted by Crippen LogP contribution is 2.28. The van der Waals surface area contributed by atoms with Gasteiger partial charge in [0.15, 0.2) is 5.82 Å². The highest BCUT2D eigenvalue weighted by atomic mass is 16.1. The van der Waals surface area contributed by atoms with E-state index in [1.54, 1.807) is 0 Å². The molecule has 2 rings (SSSR count). The molecular weight excluding hydrogens is 242 g/mol. The third-order valence-electron chi connectivity index (χ3n) is 3.55. The molecule has 104 valence electrons. The maximum Gasteiger partial charge on any atom is 0.271 e. The lowest BCUT2D eigenvalue weighted by atomic mass is 9.80. The van der Waals surface area contributed by atoms with Crippen molar-refractivity contribution in [2.75, 3.05) is 5.43 Å². The minimum absolute atomic E-state index is 0.164. The maximum absolute atomic E-state index is 12.1. The number of amides is 1. The molecule has 1 fully saturated rings. The Kier molecular flexibility index (Phi) is 4.31. The van der Waals surface area contributed by atoms with Crippen molar-refractivity contribution in [1.82, 2.24) is 15.3 Å². The molecule has 1 aliphatic carbocycles. The highest BCUT2D eigenvalue weighted by Gasteiger charge is 2.25. The fourth-order valence-electron chi connectivity index (χ4n) is 2.84. The average Bonchev–Trinajstić information content (AvgIpc) is 2.37. The first-order valence-corrected chi connectivity index (χ1v) is 6.68. The molecular formula is C13H21N5O. The first-order chi connectivity index (χ1) is 9.08. The number of nitrogens with two attached hydrogens (primary N) is 1. The summed E-state index contributed by atoms with van der Waals surface area (Å²) in [5, 5.41) is 3.04. The second-order valence-corrected chi connectivity index (χ2v) is 5.52. The SMILES string of the molecule is CC1CC(C)CC(NC(=O)c2cnc(NN)cn2)C1. The molecule has 2 atom stereocenters. The van der Waals surface area contributed by atoms with Crippen LogP contribution in [0.2, 0.25) is 0 Å². The Bertz CT molecular complexity index is 423. The van der Waals surface area contributed by atoms with Crippen LogP contribution in [0.4, 0.5) is 5.82 Å². The molecule has 0 bridgehead atoms. The number of hydrogen-bond donors (Lipinski definition) is 3. The fourth-order valence-corrected chi connectivity index (χ4v) is 2.84. The van der Waals surface area contributed by atoms with Gasteiger partial charge < -0.3 is 10.7 Å². The van der Waals surface area contributed by atoms with Crippen molar-refractivity contribution in [2.24, 2.45) is 17.7 Å². The number of hydrazine groups is 1. The summed E-state index contributed by atoms with van der Waals surface area (Å²) in [4.78, 5) is 20.1. The monoisotopic (exact) mass is 263 g/mol. The first kappa shape index (κ1) is 13.7. The molecule has 1 aliphatic rings. The summed E-state index contributed by atoms with van der Waals surface area (Å²) in [5.74, 6) is 6.79. The number of carbonyl (C=O) groups is 1. The van der Waals surface area contributed by atoms with Crippen molar-refractivity contribution in [3.63, 3.8) is 0 Å². The standard InChI is InChI=1S/C13H21N5O/c1-8-3-9(2)5-10(4-8)17-13(19)11-6-16-12(18-14)7-15-11/h6-10H,3-5,14H2,1-2H3,(H,16,18)(H,17,19). The molecule has 1 amide bonds. The summed E-state index contributed by atoms with van der Waals surface area (Å²) in [6.07, 6.45) is 6.18. The molecule has 0 saturated heterocycles. The summed E-state index contributed by atoms with van der Waals surface area (Å²) in [6.45, 7) is 4.46. The van der Waals surface area contributed by atoms with Gasteiger partial charge in [0.25, 0.3) is 5.91 Å². The molecule has 19 heavy (non-hydrogen) atoms. The number of aromatic nitrogens is 2. The molecule has 2 unspecified atom stereocenters. The number of nitrogen functional groups attached to an aromatic ring is 1. The molecule has 0 aliphatic heterocycles. The molecule has 0 aromatic carbocycles. The second kappa shape index (κ2) is 5.97. The molecule has 0 radical (unpaired) electrons. The van der Waals surface area contributed by atoms with Gasteiger partial charge in [0.05, 0.1) is 12.4 Å². The van der Waals surface area contributed by atoms with Gasteiger partial charge in [0.1, 0.15) is 5.69 Å². The van der Waals surface area contributed by atoms with Gasteiger partial charge in [-0.25, -0.2) is 15.8 Å². The fraction of sp³-hybridized carbons (Fsp3) is 0.615. The van der Waals surface area contributed by atoms with Crippen LogP contribution in [-0.4, -0.2) is 21.9 Å². The van der Waals surface area contributed by atoms with Crippen LogP contribution in [0.5, 0.6) is 0 Å². The van der Waals surface area contributed by atoms with Crippen LogP contribution < -0.4 is 16.6 Å². The lowest BCUT2D eigenvalue weighted by Gasteiger charge is -2.31. The Morgan fingerprint density at radius 1 is 1.21 bits per heavy atom. The van der Waals surface area contributed by atoms with Crippen LogP contribution in [0.1, 0.15) is 43.6 Å². The summed E-state index contributed by atoms with van der Waals surface area (Å²) >= 11 is 0. The number of anilines is 1. The largest absolute Gasteiger partial charge is 0.348 e. The number of rotatable bonds is 3. The first-order valence-electron chi connectivity index (χ1n) is 6.68. The second-order valence-electron chi connectivity index (χ2n) is 5.52. The minimum Gasteiger partial charge on any atom is -0.348 e. The van der Waals surface area contributed by atoms with E-state index in [-0.39, 0.29) is 11.9 Å². The molecule has 1 heterocycles. The molecule has 1 aromatic rings. The molecule has 1 saturated carbocycles. The zero-order chi connectivity index (χ0) is 13.8. The van der Waals surface area contributed by atoms with Crippen molar-refractivity contribution in [1.29, 1.82) is 0 Å². The molecule has 6 nitrogen and oxygen atoms in total. The summed E-state index contributed by atoms with van der Waals surface area (Å²) in [7, 11) is 0. The Morgan fingerprint density at radius 3 is 2.42 bits per heavy atom. The van der Waals surface area contributed by atoms with Crippen molar-refractivity contribution < 1.29 is 4.79 Å². The van der Waals surface area contributed by atoms with E-state index in [1.807, 2.05) is 0 Å². The van der Waals surface area contributed by atoms with Crippen LogP contribution in [0.15, 0.2) is 12.4 Å². The van der Waals surface area contributed by atoms with E-state index < -0.39 is 0 Å². The average molecular weight is 263 g/mol. The van der Waals surface area contributed by atoms with Crippen LogP contribution >= 0.6 is 0 Å². The minimum atomic E-state index is -0.164. The Hall–Kier alpha value is -1.69. The van der Waals surface area contributed by atoms with Crippen LogP contribution in [0.25, 0.3) is 0 Å². The van der Waals surface area contributed by atoms with Crippen LogP contribution in [0, 0.1) is 11.8 Å². The van der Waals surface area contributed by atoms with Crippen LogP contribution in [-0.2, 0) is 0 Å². The normalized spacial score (nSPS) is 26.8. The quantitative estimate of drug-likeness (QED) is 0.565. The third kappa shape index (κ3) is 3.64. The summed E-state index contributed by atoms with van der Waals surface area (Å²) in [5.41, 5.74) is 2.70. The zero-order valence-corrected chi connectivity index (χ0v) is 11.4. The zero-order valence-electron chi connectivity index (χ0n) is 11.4. The lowest BCUT2D eigenvalue weighted by Crippen LogP contribution is -2.40. The number of hydrogen-bond acceptors (Lipinski definition) is 5. The van der Waals surface area contributed by atoms with E-state index in [1.165, 1.54) is 18.8 Å². The van der Waals surface area contributed by atoms with Crippen LogP contribution in [0.3, 0.4) is 0 Å².